The van der Waals surface area contributed by atoms with Gasteiger partial charge in [0.25, 0.3) is 0 Å². The van der Waals surface area contributed by atoms with Crippen molar-refractivity contribution in [3.05, 3.63) is 28.8 Å². The van der Waals surface area contributed by atoms with Gasteiger partial charge in [0.15, 0.2) is 0 Å². The molecule has 0 fully saturated rings. The summed E-state index contributed by atoms with van der Waals surface area (Å²) >= 11 is 1.61. The van der Waals surface area contributed by atoms with E-state index in [0.717, 1.165) is 16.6 Å². The Morgan fingerprint density at radius 3 is 3.09 bits per heavy atom. The number of hydrogen-bond donors (Lipinski definition) is 1. The summed E-state index contributed by atoms with van der Waals surface area (Å²) in [6.07, 6.45) is -0.295. The molecule has 0 saturated carbocycles. The molecule has 3 rings (SSSR count). The lowest BCUT2D eigenvalue weighted by molar-refractivity contribution is 0.267. The zero-order valence-electron chi connectivity index (χ0n) is 5.61. The molecule has 3 heteroatoms. The van der Waals surface area contributed by atoms with E-state index in [4.69, 9.17) is 0 Å². The fraction of sp³-hybridized carbons (Fsp3) is 0.125. The lowest BCUT2D eigenvalue weighted by Gasteiger charge is -1.79. The first kappa shape index (κ1) is 5.69. The molecule has 2 aromatic rings. The third-order valence-corrected chi connectivity index (χ3v) is 2.83. The Morgan fingerprint density at radius 2 is 2.18 bits per heavy atom. The molecule has 1 heterocycles. The molecule has 11 heavy (non-hydrogen) atoms. The second-order valence-corrected chi connectivity index (χ2v) is 3.59. The van der Waals surface area contributed by atoms with Crippen molar-refractivity contribution in [2.24, 2.45) is 0 Å². The van der Waals surface area contributed by atoms with Crippen molar-refractivity contribution in [1.82, 2.24) is 4.98 Å². The molecule has 2 nitrogen and oxygen atoms in total. The van der Waals surface area contributed by atoms with Crippen LogP contribution in [0.4, 0.5) is 0 Å². The van der Waals surface area contributed by atoms with Crippen molar-refractivity contribution >= 4 is 21.6 Å². The third kappa shape index (κ3) is 0.619. The monoisotopic (exact) mass is 163 g/mol. The number of benzene rings is 1. The Hall–Kier alpha value is -0.930. The van der Waals surface area contributed by atoms with Crippen LogP contribution in [0, 0.1) is 0 Å². The normalized spacial score (nSPS) is 20.3. The lowest BCUT2D eigenvalue weighted by atomic mass is 10.3. The molecule has 1 aliphatic rings. The molecule has 0 aliphatic heterocycles. The second-order valence-electron chi connectivity index (χ2n) is 2.70. The number of fused-ring (bicyclic) bond motifs is 2. The maximum Gasteiger partial charge on any atom is 0.105 e. The summed E-state index contributed by atoms with van der Waals surface area (Å²) in [5, 5.41) is 9.26. The zero-order valence-corrected chi connectivity index (χ0v) is 6.43. The van der Waals surface area contributed by atoms with Gasteiger partial charge < -0.3 is 5.11 Å². The van der Waals surface area contributed by atoms with E-state index in [1.165, 1.54) is 4.70 Å². The molecule has 0 saturated heterocycles. The molecule has 1 unspecified atom stereocenters. The van der Waals surface area contributed by atoms with Crippen LogP contribution < -0.4 is 0 Å². The van der Waals surface area contributed by atoms with Crippen molar-refractivity contribution in [3.8, 4) is 0 Å². The zero-order chi connectivity index (χ0) is 7.42. The summed E-state index contributed by atoms with van der Waals surface area (Å²) in [5.41, 5.74) is 4.95. The van der Waals surface area contributed by atoms with Gasteiger partial charge in [-0.2, -0.15) is 0 Å². The van der Waals surface area contributed by atoms with Gasteiger partial charge in [-0.3, -0.25) is 0 Å². The van der Waals surface area contributed by atoms with E-state index < -0.39 is 0 Å². The van der Waals surface area contributed by atoms with Gasteiger partial charge in [-0.05, 0) is 23.3 Å². The molecular weight excluding hydrogens is 158 g/mol. The van der Waals surface area contributed by atoms with Gasteiger partial charge in [0.05, 0.1) is 15.7 Å². The predicted molar refractivity (Wildman–Crippen MR) is 43.7 cm³/mol. The van der Waals surface area contributed by atoms with Crippen molar-refractivity contribution in [2.45, 2.75) is 6.10 Å². The Balaban J connectivity index is 2.44. The molecule has 0 amide bonds. The second kappa shape index (κ2) is 1.62. The highest BCUT2D eigenvalue weighted by atomic mass is 32.1. The van der Waals surface area contributed by atoms with E-state index in [2.05, 4.69) is 4.98 Å². The maximum absolute atomic E-state index is 9.26. The largest absolute Gasteiger partial charge is 0.384 e. The van der Waals surface area contributed by atoms with Crippen LogP contribution in [-0.2, 0) is 0 Å². The molecule has 54 valence electrons. The molecule has 1 aromatic carbocycles. The topological polar surface area (TPSA) is 33.1 Å². The first-order valence-corrected chi connectivity index (χ1v) is 4.29. The van der Waals surface area contributed by atoms with Crippen molar-refractivity contribution in [1.29, 1.82) is 0 Å². The van der Waals surface area contributed by atoms with Gasteiger partial charge in [-0.1, -0.05) is 0 Å². The van der Waals surface area contributed by atoms with Crippen molar-refractivity contribution < 1.29 is 5.11 Å². The van der Waals surface area contributed by atoms with Crippen molar-refractivity contribution in [3.63, 3.8) is 0 Å². The molecule has 0 radical (unpaired) electrons. The van der Waals surface area contributed by atoms with Crippen LogP contribution in [0.1, 0.15) is 17.2 Å². The number of thiazole rings is 1. The number of hydrogen-bond acceptors (Lipinski definition) is 3. The van der Waals surface area contributed by atoms with Crippen LogP contribution in [0.3, 0.4) is 0 Å². The predicted octanol–water partition coefficient (Wildman–Crippen LogP) is 1.69. The Kier molecular flexibility index (Phi) is 0.840. The van der Waals surface area contributed by atoms with E-state index in [0.29, 0.717) is 0 Å². The quantitative estimate of drug-likeness (QED) is 0.641. The highest BCUT2D eigenvalue weighted by Crippen LogP contribution is 2.43. The number of aliphatic hydroxyl groups is 1. The minimum Gasteiger partial charge on any atom is -0.384 e. The number of nitrogens with zero attached hydrogens (tertiary/aromatic N) is 1. The Bertz CT molecular complexity index is 397. The summed E-state index contributed by atoms with van der Waals surface area (Å²) in [6, 6.07) is 3.98. The summed E-state index contributed by atoms with van der Waals surface area (Å²) in [4.78, 5) is 4.15. The van der Waals surface area contributed by atoms with Gasteiger partial charge in [-0.15, -0.1) is 11.3 Å². The van der Waals surface area contributed by atoms with Gasteiger partial charge in [0.2, 0.25) is 0 Å². The fourth-order valence-electron chi connectivity index (χ4n) is 1.34. The number of aromatic nitrogens is 1. The minimum atomic E-state index is -0.295. The Labute approximate surface area is 67.1 Å². The Morgan fingerprint density at radius 1 is 1.36 bits per heavy atom. The van der Waals surface area contributed by atoms with Crippen LogP contribution in [0.5, 0.6) is 0 Å². The highest BCUT2D eigenvalue weighted by Gasteiger charge is 2.30. The average molecular weight is 163 g/mol. The molecule has 0 spiro atoms. The molecule has 1 aliphatic carbocycles. The summed E-state index contributed by atoms with van der Waals surface area (Å²) < 4.78 is 1.17. The van der Waals surface area contributed by atoms with Crippen LogP contribution >= 0.6 is 11.3 Å². The van der Waals surface area contributed by atoms with Gasteiger partial charge in [0, 0.05) is 0 Å². The SMILES string of the molecule is OC1c2cc3ncsc3cc21. The summed E-state index contributed by atoms with van der Waals surface area (Å²) in [7, 11) is 0. The summed E-state index contributed by atoms with van der Waals surface area (Å²) in [6.45, 7) is 0. The maximum atomic E-state index is 9.26. The smallest absolute Gasteiger partial charge is 0.105 e. The lowest BCUT2D eigenvalue weighted by Crippen LogP contribution is -1.62. The first-order chi connectivity index (χ1) is 5.36. The van der Waals surface area contributed by atoms with Crippen LogP contribution in [0.25, 0.3) is 10.2 Å². The van der Waals surface area contributed by atoms with E-state index in [1.54, 1.807) is 11.3 Å². The molecule has 1 atom stereocenters. The van der Waals surface area contributed by atoms with Crippen molar-refractivity contribution in [2.75, 3.05) is 0 Å². The first-order valence-electron chi connectivity index (χ1n) is 3.41. The van der Waals surface area contributed by atoms with Gasteiger partial charge >= 0.3 is 0 Å². The average Bonchev–Trinajstić information content (AvgIpc) is 2.50. The minimum absolute atomic E-state index is 0.295. The molecule has 1 aromatic heterocycles. The summed E-state index contributed by atoms with van der Waals surface area (Å²) in [5.74, 6) is 0. The number of aliphatic hydroxyl groups excluding tert-OH is 1. The third-order valence-electron chi connectivity index (χ3n) is 2.04. The highest BCUT2D eigenvalue weighted by molar-refractivity contribution is 7.16. The van der Waals surface area contributed by atoms with Crippen LogP contribution in [0.15, 0.2) is 17.6 Å². The van der Waals surface area contributed by atoms with E-state index in [9.17, 15) is 5.11 Å². The van der Waals surface area contributed by atoms with Crippen LogP contribution in [-0.4, -0.2) is 10.1 Å². The standard InChI is InChI=1S/C8H5NOS/c10-8-4-1-6-7(2-5(4)8)11-3-9-6/h1-3,8,10H. The number of rotatable bonds is 0. The molecule has 0 bridgehead atoms. The van der Waals surface area contributed by atoms with E-state index in [-0.39, 0.29) is 6.10 Å². The van der Waals surface area contributed by atoms with Crippen LogP contribution in [0.2, 0.25) is 0 Å². The molecular formula is C8H5NOS. The molecule has 1 N–H and O–H groups in total. The fourth-order valence-corrected chi connectivity index (χ4v) is 2.04. The van der Waals surface area contributed by atoms with Gasteiger partial charge in [-0.25, -0.2) is 4.98 Å². The van der Waals surface area contributed by atoms with Gasteiger partial charge in [0.1, 0.15) is 6.10 Å². The van der Waals surface area contributed by atoms with E-state index in [1.807, 2.05) is 17.6 Å². The van der Waals surface area contributed by atoms with E-state index >= 15 is 0 Å².